The highest BCUT2D eigenvalue weighted by molar-refractivity contribution is 5.89. The van der Waals surface area contributed by atoms with Gasteiger partial charge in [-0.2, -0.15) is 0 Å². The maximum Gasteiger partial charge on any atom is 0.228 e. The van der Waals surface area contributed by atoms with Crippen molar-refractivity contribution in [3.63, 3.8) is 0 Å². The largest absolute Gasteiger partial charge is 0.341 e. The third-order valence-electron chi connectivity index (χ3n) is 7.18. The fourth-order valence-corrected chi connectivity index (χ4v) is 5.51. The van der Waals surface area contributed by atoms with Gasteiger partial charge < -0.3 is 15.5 Å². The number of likely N-dealkylation sites (tertiary alicyclic amines) is 3. The molecule has 1 aromatic carbocycles. The molecule has 0 spiro atoms. The minimum absolute atomic E-state index is 0. The third kappa shape index (κ3) is 5.54. The molecule has 3 heterocycles. The molecule has 3 fully saturated rings. The topological polar surface area (TPSA) is 69.9 Å². The normalized spacial score (nSPS) is 28.5. The quantitative estimate of drug-likeness (QED) is 0.692. The van der Waals surface area contributed by atoms with E-state index in [2.05, 4.69) is 24.0 Å². The molecule has 0 radical (unpaired) electrons. The van der Waals surface area contributed by atoms with Gasteiger partial charge in [0.2, 0.25) is 11.8 Å². The predicted octanol–water partition coefficient (Wildman–Crippen LogP) is 2.36. The first-order chi connectivity index (χ1) is 14.1. The van der Waals surface area contributed by atoms with Gasteiger partial charge in [0, 0.05) is 44.6 Å². The van der Waals surface area contributed by atoms with E-state index in [9.17, 15) is 9.59 Å². The number of rotatable bonds is 6. The van der Waals surface area contributed by atoms with Crippen LogP contribution in [0.1, 0.15) is 37.7 Å². The van der Waals surface area contributed by atoms with Crippen molar-refractivity contribution in [3.05, 3.63) is 35.9 Å². The fourth-order valence-electron chi connectivity index (χ4n) is 5.51. The van der Waals surface area contributed by atoms with Crippen LogP contribution in [0.3, 0.4) is 0 Å². The Bertz CT molecular complexity index is 736. The van der Waals surface area contributed by atoms with Gasteiger partial charge in [0.25, 0.3) is 0 Å². The highest BCUT2D eigenvalue weighted by Crippen LogP contribution is 2.34. The number of halogens is 2. The highest BCUT2D eigenvalue weighted by Gasteiger charge is 2.42. The lowest BCUT2D eigenvalue weighted by Gasteiger charge is -2.28. The third-order valence-corrected chi connectivity index (χ3v) is 7.18. The number of carbonyl (C=O) groups excluding carboxylic acids is 2. The molecule has 0 saturated carbocycles. The van der Waals surface area contributed by atoms with Gasteiger partial charge in [0.15, 0.2) is 0 Å². The zero-order chi connectivity index (χ0) is 20.4. The van der Waals surface area contributed by atoms with Gasteiger partial charge in [-0.3, -0.25) is 14.5 Å². The van der Waals surface area contributed by atoms with Crippen molar-refractivity contribution in [2.75, 3.05) is 45.8 Å². The summed E-state index contributed by atoms with van der Waals surface area (Å²) >= 11 is 0. The lowest BCUT2D eigenvalue weighted by Crippen LogP contribution is -2.42. The average Bonchev–Trinajstić information content (AvgIpc) is 3.47. The number of benzene rings is 1. The van der Waals surface area contributed by atoms with Crippen LogP contribution in [0.15, 0.2) is 30.3 Å². The van der Waals surface area contributed by atoms with Crippen molar-refractivity contribution >= 4 is 36.6 Å². The van der Waals surface area contributed by atoms with E-state index in [0.29, 0.717) is 38.6 Å². The molecule has 31 heavy (non-hydrogen) atoms. The average molecular weight is 471 g/mol. The molecule has 0 aliphatic carbocycles. The van der Waals surface area contributed by atoms with Crippen LogP contribution in [0, 0.1) is 11.8 Å². The molecule has 1 aromatic rings. The summed E-state index contributed by atoms with van der Waals surface area (Å²) in [7, 11) is 0. The Morgan fingerprint density at radius 2 is 1.87 bits per heavy atom. The molecule has 2 amide bonds. The summed E-state index contributed by atoms with van der Waals surface area (Å²) in [4.78, 5) is 32.2. The van der Waals surface area contributed by atoms with Crippen molar-refractivity contribution < 1.29 is 9.59 Å². The van der Waals surface area contributed by atoms with Crippen LogP contribution in [-0.4, -0.2) is 78.4 Å². The SMILES string of the molecule is CCN1CCCC1CN1CC(C(=O)N2C[C@@H](CN)[C@H](c3ccccc3)C2)CC1=O.Cl.Cl. The van der Waals surface area contributed by atoms with E-state index in [1.807, 2.05) is 28.0 Å². The van der Waals surface area contributed by atoms with E-state index < -0.39 is 0 Å². The first-order valence-corrected chi connectivity index (χ1v) is 11.2. The van der Waals surface area contributed by atoms with Gasteiger partial charge in [-0.05, 0) is 44.0 Å². The molecule has 3 saturated heterocycles. The Kier molecular flexibility index (Phi) is 9.62. The molecular formula is C23H36Cl2N4O2. The minimum atomic E-state index is -0.202. The van der Waals surface area contributed by atoms with Crippen molar-refractivity contribution in [2.24, 2.45) is 17.6 Å². The molecule has 3 aliphatic heterocycles. The molecule has 174 valence electrons. The van der Waals surface area contributed by atoms with Crippen LogP contribution in [0.25, 0.3) is 0 Å². The summed E-state index contributed by atoms with van der Waals surface area (Å²) < 4.78 is 0. The van der Waals surface area contributed by atoms with Gasteiger partial charge >= 0.3 is 0 Å². The zero-order valence-corrected chi connectivity index (χ0v) is 20.0. The maximum atomic E-state index is 13.2. The van der Waals surface area contributed by atoms with Gasteiger partial charge in [-0.25, -0.2) is 0 Å². The molecular weight excluding hydrogens is 435 g/mol. The first kappa shape index (κ1) is 25.9. The number of hydrogen-bond donors (Lipinski definition) is 1. The summed E-state index contributed by atoms with van der Waals surface area (Å²) in [5.41, 5.74) is 7.29. The van der Waals surface area contributed by atoms with Gasteiger partial charge in [0.1, 0.15) is 0 Å². The molecule has 2 unspecified atom stereocenters. The second-order valence-electron chi connectivity index (χ2n) is 8.88. The molecule has 2 N–H and O–H groups in total. The molecule has 3 aliphatic rings. The fraction of sp³-hybridized carbons (Fsp3) is 0.652. The molecule has 8 heteroatoms. The van der Waals surface area contributed by atoms with Gasteiger partial charge in [0.05, 0.1) is 5.92 Å². The number of amides is 2. The van der Waals surface area contributed by atoms with Crippen LogP contribution >= 0.6 is 24.8 Å². The summed E-state index contributed by atoms with van der Waals surface area (Å²) in [6, 6.07) is 10.8. The van der Waals surface area contributed by atoms with E-state index >= 15 is 0 Å². The number of nitrogens with zero attached hydrogens (tertiary/aromatic N) is 3. The Morgan fingerprint density at radius 3 is 2.55 bits per heavy atom. The second-order valence-corrected chi connectivity index (χ2v) is 8.88. The van der Waals surface area contributed by atoms with E-state index in [0.717, 1.165) is 26.1 Å². The summed E-state index contributed by atoms with van der Waals surface area (Å²) in [5, 5.41) is 0. The summed E-state index contributed by atoms with van der Waals surface area (Å²) in [6.07, 6.45) is 2.72. The van der Waals surface area contributed by atoms with Crippen molar-refractivity contribution in [3.8, 4) is 0 Å². The van der Waals surface area contributed by atoms with E-state index in [4.69, 9.17) is 5.73 Å². The van der Waals surface area contributed by atoms with Gasteiger partial charge in [-0.1, -0.05) is 37.3 Å². The number of carbonyl (C=O) groups is 2. The zero-order valence-electron chi connectivity index (χ0n) is 18.3. The maximum absolute atomic E-state index is 13.2. The van der Waals surface area contributed by atoms with Crippen LogP contribution in [0.4, 0.5) is 0 Å². The monoisotopic (exact) mass is 470 g/mol. The molecule has 6 nitrogen and oxygen atoms in total. The highest BCUT2D eigenvalue weighted by atomic mass is 35.5. The predicted molar refractivity (Wildman–Crippen MR) is 128 cm³/mol. The van der Waals surface area contributed by atoms with Crippen molar-refractivity contribution in [1.29, 1.82) is 0 Å². The molecule has 4 atom stereocenters. The summed E-state index contributed by atoms with van der Waals surface area (Å²) in [5.74, 6) is 0.644. The number of likely N-dealkylation sites (N-methyl/N-ethyl adjacent to an activating group) is 1. The van der Waals surface area contributed by atoms with E-state index in [1.165, 1.54) is 12.0 Å². The standard InChI is InChI=1S/C23H34N4O2.2ClH/c1-2-25-10-6-9-20(25)15-26-13-18(11-22(26)28)23(29)27-14-19(12-24)21(16-27)17-7-4-3-5-8-17;;/h3-5,7-8,18-21H,2,6,9-16,24H2,1H3;2*1H/t18?,19-,20?,21+;;/m1../s1. The Hall–Kier alpha value is -1.34. The first-order valence-electron chi connectivity index (χ1n) is 11.2. The number of nitrogens with two attached hydrogens (primary N) is 1. The lowest BCUT2D eigenvalue weighted by molar-refractivity contribution is -0.135. The van der Waals surface area contributed by atoms with Crippen LogP contribution in [0.5, 0.6) is 0 Å². The molecule has 0 aromatic heterocycles. The number of hydrogen-bond acceptors (Lipinski definition) is 4. The van der Waals surface area contributed by atoms with Gasteiger partial charge in [-0.15, -0.1) is 24.8 Å². The molecule has 0 bridgehead atoms. The Labute approximate surface area is 198 Å². The second kappa shape index (κ2) is 11.5. The summed E-state index contributed by atoms with van der Waals surface area (Å²) in [6.45, 7) is 7.67. The van der Waals surface area contributed by atoms with E-state index in [1.54, 1.807) is 0 Å². The molecule has 4 rings (SSSR count). The van der Waals surface area contributed by atoms with Crippen LogP contribution in [-0.2, 0) is 9.59 Å². The van der Waals surface area contributed by atoms with Crippen LogP contribution < -0.4 is 5.73 Å². The van der Waals surface area contributed by atoms with E-state index in [-0.39, 0.29) is 54.4 Å². The Balaban J connectivity index is 0.00000171. The lowest BCUT2D eigenvalue weighted by atomic mass is 9.89. The van der Waals surface area contributed by atoms with Crippen molar-refractivity contribution in [1.82, 2.24) is 14.7 Å². The van der Waals surface area contributed by atoms with Crippen LogP contribution in [0.2, 0.25) is 0 Å². The minimum Gasteiger partial charge on any atom is -0.341 e. The smallest absolute Gasteiger partial charge is 0.228 e. The van der Waals surface area contributed by atoms with Crippen molar-refractivity contribution in [2.45, 2.75) is 38.1 Å². The Morgan fingerprint density at radius 1 is 1.13 bits per heavy atom.